The Balaban J connectivity index is 1.77. The van der Waals surface area contributed by atoms with E-state index < -0.39 is 5.97 Å². The zero-order chi connectivity index (χ0) is 15.5. The number of carboxylic acid groups (broad SMARTS) is 1. The van der Waals surface area contributed by atoms with Crippen LogP contribution in [-0.4, -0.2) is 77.9 Å². The van der Waals surface area contributed by atoms with Crippen LogP contribution in [0.3, 0.4) is 0 Å². The van der Waals surface area contributed by atoms with Crippen LogP contribution in [0.25, 0.3) is 0 Å². The van der Waals surface area contributed by atoms with Gasteiger partial charge in [0.15, 0.2) is 0 Å². The van der Waals surface area contributed by atoms with Crippen molar-refractivity contribution in [2.24, 2.45) is 0 Å². The molecule has 0 aromatic rings. The Morgan fingerprint density at radius 3 is 2.52 bits per heavy atom. The molecule has 0 aromatic carbocycles. The summed E-state index contributed by atoms with van der Waals surface area (Å²) < 4.78 is 5.53. The van der Waals surface area contributed by atoms with Crippen molar-refractivity contribution in [2.75, 3.05) is 39.3 Å². The molecule has 2 fully saturated rings. The second kappa shape index (κ2) is 6.62. The standard InChI is InChI=1S/C14H25N3O4/c1-11-14(2,4-10-21-11)15-13(20)17-8-6-16(7-9-17)5-3-12(18)19/h11H,3-10H2,1-2H3,(H,15,20)(H,18,19). The summed E-state index contributed by atoms with van der Waals surface area (Å²) in [6, 6.07) is -0.0484. The van der Waals surface area contributed by atoms with Crippen LogP contribution in [0.1, 0.15) is 26.7 Å². The van der Waals surface area contributed by atoms with Crippen molar-refractivity contribution in [3.63, 3.8) is 0 Å². The average molecular weight is 299 g/mol. The van der Waals surface area contributed by atoms with E-state index in [0.29, 0.717) is 26.2 Å². The highest BCUT2D eigenvalue weighted by atomic mass is 16.5. The highest BCUT2D eigenvalue weighted by molar-refractivity contribution is 5.75. The van der Waals surface area contributed by atoms with Crippen LogP contribution in [0.5, 0.6) is 0 Å². The minimum atomic E-state index is -0.779. The molecule has 7 heteroatoms. The largest absolute Gasteiger partial charge is 0.481 e. The first-order valence-electron chi connectivity index (χ1n) is 7.53. The maximum absolute atomic E-state index is 12.3. The van der Waals surface area contributed by atoms with Gasteiger partial charge in [0.1, 0.15) is 0 Å². The summed E-state index contributed by atoms with van der Waals surface area (Å²) in [6.07, 6.45) is 1.01. The van der Waals surface area contributed by atoms with Gasteiger partial charge in [-0.3, -0.25) is 9.69 Å². The maximum atomic E-state index is 12.3. The van der Waals surface area contributed by atoms with E-state index in [1.807, 2.05) is 13.8 Å². The summed E-state index contributed by atoms with van der Waals surface area (Å²) in [6.45, 7) is 7.96. The Hall–Kier alpha value is -1.34. The number of nitrogens with zero attached hydrogens (tertiary/aromatic N) is 2. The Morgan fingerprint density at radius 2 is 2.00 bits per heavy atom. The van der Waals surface area contributed by atoms with E-state index in [1.165, 1.54) is 0 Å². The number of carboxylic acids is 1. The molecule has 21 heavy (non-hydrogen) atoms. The highest BCUT2D eigenvalue weighted by Crippen LogP contribution is 2.25. The number of hydrogen-bond acceptors (Lipinski definition) is 4. The molecule has 120 valence electrons. The van der Waals surface area contributed by atoms with E-state index in [4.69, 9.17) is 9.84 Å². The molecule has 2 rings (SSSR count). The molecule has 0 aromatic heterocycles. The summed E-state index contributed by atoms with van der Waals surface area (Å²) in [5.41, 5.74) is -0.294. The average Bonchev–Trinajstić information content (AvgIpc) is 2.76. The molecular weight excluding hydrogens is 274 g/mol. The molecule has 2 unspecified atom stereocenters. The fraction of sp³-hybridized carbons (Fsp3) is 0.857. The number of aliphatic carboxylic acids is 1. The quantitative estimate of drug-likeness (QED) is 0.783. The van der Waals surface area contributed by atoms with E-state index in [-0.39, 0.29) is 24.1 Å². The van der Waals surface area contributed by atoms with E-state index in [0.717, 1.165) is 19.5 Å². The van der Waals surface area contributed by atoms with Gasteiger partial charge in [0.2, 0.25) is 0 Å². The van der Waals surface area contributed by atoms with Crippen LogP contribution in [0.4, 0.5) is 4.79 Å². The summed E-state index contributed by atoms with van der Waals surface area (Å²) in [7, 11) is 0. The van der Waals surface area contributed by atoms with Gasteiger partial charge in [-0.1, -0.05) is 0 Å². The maximum Gasteiger partial charge on any atom is 0.317 e. The second-order valence-corrected chi connectivity index (χ2v) is 6.08. The minimum Gasteiger partial charge on any atom is -0.481 e. The van der Waals surface area contributed by atoms with Crippen molar-refractivity contribution in [1.29, 1.82) is 0 Å². The number of nitrogens with one attached hydrogen (secondary N) is 1. The van der Waals surface area contributed by atoms with Crippen LogP contribution in [0.15, 0.2) is 0 Å². The van der Waals surface area contributed by atoms with Gasteiger partial charge in [0.05, 0.1) is 18.1 Å². The Labute approximate surface area is 125 Å². The topological polar surface area (TPSA) is 82.1 Å². The van der Waals surface area contributed by atoms with Crippen LogP contribution >= 0.6 is 0 Å². The van der Waals surface area contributed by atoms with Gasteiger partial charge >= 0.3 is 12.0 Å². The molecular formula is C14H25N3O4. The lowest BCUT2D eigenvalue weighted by Crippen LogP contribution is -2.58. The molecule has 2 N–H and O–H groups in total. The molecule has 0 saturated carbocycles. The molecule has 0 radical (unpaired) electrons. The van der Waals surface area contributed by atoms with Gasteiger partial charge in [-0.2, -0.15) is 0 Å². The third-order valence-corrected chi connectivity index (χ3v) is 4.58. The molecule has 2 amide bonds. The number of carbonyl (C=O) groups is 2. The Kier molecular flexibility index (Phi) is 5.05. The normalized spacial score (nSPS) is 30.4. The number of hydrogen-bond donors (Lipinski definition) is 2. The smallest absolute Gasteiger partial charge is 0.317 e. The van der Waals surface area contributed by atoms with Gasteiger partial charge in [0, 0.05) is 39.3 Å². The fourth-order valence-electron chi connectivity index (χ4n) is 2.75. The van der Waals surface area contributed by atoms with Crippen LogP contribution in [-0.2, 0) is 9.53 Å². The zero-order valence-electron chi connectivity index (χ0n) is 12.8. The Bertz CT molecular complexity index is 396. The number of rotatable bonds is 4. The fourth-order valence-corrected chi connectivity index (χ4v) is 2.75. The molecule has 2 aliphatic rings. The molecule has 2 saturated heterocycles. The first kappa shape index (κ1) is 16.0. The first-order valence-corrected chi connectivity index (χ1v) is 7.53. The van der Waals surface area contributed by atoms with Crippen molar-refractivity contribution in [3.05, 3.63) is 0 Å². The van der Waals surface area contributed by atoms with Crippen molar-refractivity contribution in [1.82, 2.24) is 15.1 Å². The summed E-state index contributed by atoms with van der Waals surface area (Å²) >= 11 is 0. The predicted molar refractivity (Wildman–Crippen MR) is 77.2 cm³/mol. The lowest BCUT2D eigenvalue weighted by Gasteiger charge is -2.37. The van der Waals surface area contributed by atoms with E-state index in [2.05, 4.69) is 10.2 Å². The van der Waals surface area contributed by atoms with E-state index in [9.17, 15) is 9.59 Å². The van der Waals surface area contributed by atoms with Crippen molar-refractivity contribution in [2.45, 2.75) is 38.3 Å². The highest BCUT2D eigenvalue weighted by Gasteiger charge is 2.39. The predicted octanol–water partition coefficient (Wildman–Crippen LogP) is 0.356. The number of carbonyl (C=O) groups excluding carboxylic acids is 1. The van der Waals surface area contributed by atoms with E-state index in [1.54, 1.807) is 4.90 Å². The minimum absolute atomic E-state index is 0.0262. The monoisotopic (exact) mass is 299 g/mol. The summed E-state index contributed by atoms with van der Waals surface area (Å²) in [5, 5.41) is 11.8. The van der Waals surface area contributed by atoms with Crippen LogP contribution in [0, 0.1) is 0 Å². The van der Waals surface area contributed by atoms with Crippen LogP contribution < -0.4 is 5.32 Å². The molecule has 0 aliphatic carbocycles. The molecule has 0 bridgehead atoms. The van der Waals surface area contributed by atoms with E-state index >= 15 is 0 Å². The SMILES string of the molecule is CC1OCCC1(C)NC(=O)N1CCN(CCC(=O)O)CC1. The van der Waals surface area contributed by atoms with Gasteiger partial charge < -0.3 is 20.1 Å². The summed E-state index contributed by atoms with van der Waals surface area (Å²) in [4.78, 5) is 26.8. The lowest BCUT2D eigenvalue weighted by molar-refractivity contribution is -0.137. The van der Waals surface area contributed by atoms with Gasteiger partial charge in [0.25, 0.3) is 0 Å². The number of urea groups is 1. The zero-order valence-corrected chi connectivity index (χ0v) is 12.8. The third kappa shape index (κ3) is 4.07. The third-order valence-electron chi connectivity index (χ3n) is 4.58. The molecule has 2 aliphatic heterocycles. The molecule has 7 nitrogen and oxygen atoms in total. The molecule has 2 heterocycles. The van der Waals surface area contributed by atoms with Crippen LogP contribution in [0.2, 0.25) is 0 Å². The second-order valence-electron chi connectivity index (χ2n) is 6.08. The van der Waals surface area contributed by atoms with Gasteiger partial charge in [-0.25, -0.2) is 4.79 Å². The molecule has 2 atom stereocenters. The molecule has 0 spiro atoms. The van der Waals surface area contributed by atoms with Crippen molar-refractivity contribution >= 4 is 12.0 Å². The van der Waals surface area contributed by atoms with Gasteiger partial charge in [-0.05, 0) is 20.3 Å². The number of piperazine rings is 1. The Morgan fingerprint density at radius 1 is 1.33 bits per heavy atom. The van der Waals surface area contributed by atoms with Crippen molar-refractivity contribution < 1.29 is 19.4 Å². The summed E-state index contributed by atoms with van der Waals surface area (Å²) in [5.74, 6) is -0.779. The number of ether oxygens (including phenoxy) is 1. The lowest BCUT2D eigenvalue weighted by atomic mass is 9.95. The van der Waals surface area contributed by atoms with Gasteiger partial charge in [-0.15, -0.1) is 0 Å². The number of amides is 2. The van der Waals surface area contributed by atoms with Crippen molar-refractivity contribution in [3.8, 4) is 0 Å². The first-order chi connectivity index (χ1) is 9.90.